The average Bonchev–Trinajstić information content (AvgIpc) is 2.14. The van der Waals surface area contributed by atoms with Crippen LogP contribution in [-0.2, 0) is 19.1 Å². The predicted molar refractivity (Wildman–Crippen MR) is 47.3 cm³/mol. The van der Waals surface area contributed by atoms with Gasteiger partial charge in [0.2, 0.25) is 0 Å². The van der Waals surface area contributed by atoms with Crippen LogP contribution in [0.5, 0.6) is 0 Å². The first kappa shape index (κ1) is 13.5. The number of methoxy groups -OCH3 is 1. The van der Waals surface area contributed by atoms with Crippen molar-refractivity contribution in [2.75, 3.05) is 7.11 Å². The first-order valence-electron chi connectivity index (χ1n) is 4.10. The van der Waals surface area contributed by atoms with Crippen LogP contribution in [-0.4, -0.2) is 31.6 Å². The monoisotopic (exact) mass is 222 g/mol. The molecule has 1 atom stereocenters. The highest BCUT2D eigenvalue weighted by molar-refractivity contribution is 5.87. The summed E-state index contributed by atoms with van der Waals surface area (Å²) in [5.41, 5.74) is -0.163. The van der Waals surface area contributed by atoms with E-state index in [9.17, 15) is 18.4 Å². The first-order valence-corrected chi connectivity index (χ1v) is 4.10. The van der Waals surface area contributed by atoms with E-state index in [0.717, 1.165) is 14.0 Å². The molecule has 0 aromatic carbocycles. The quantitative estimate of drug-likeness (QED) is 0.519. The number of rotatable bonds is 5. The molecule has 0 spiro atoms. The van der Waals surface area contributed by atoms with Gasteiger partial charge in [0.05, 0.1) is 7.11 Å². The van der Waals surface area contributed by atoms with Crippen molar-refractivity contribution in [3.63, 3.8) is 0 Å². The smallest absolute Gasteiger partial charge is 0.333 e. The SMILES string of the molecule is C=C(C[C@H](OC(C)=O)C(F)F)C(=O)OC. The van der Waals surface area contributed by atoms with Crippen LogP contribution in [0.1, 0.15) is 13.3 Å². The lowest BCUT2D eigenvalue weighted by molar-refractivity contribution is -0.155. The summed E-state index contributed by atoms with van der Waals surface area (Å²) < 4.78 is 33.2. The van der Waals surface area contributed by atoms with Gasteiger partial charge in [-0.3, -0.25) is 4.79 Å². The molecule has 0 saturated heterocycles. The standard InChI is InChI=1S/C9H12F2O4/c1-5(9(13)14-3)4-7(8(10)11)15-6(2)12/h7-8H,1,4H2,2-3H3/t7-/m0/s1. The van der Waals surface area contributed by atoms with E-state index in [1.54, 1.807) is 0 Å². The molecule has 0 rings (SSSR count). The molecule has 6 heteroatoms. The number of carbonyl (C=O) groups is 2. The van der Waals surface area contributed by atoms with Crippen molar-refractivity contribution < 1.29 is 27.8 Å². The molecule has 0 fully saturated rings. The summed E-state index contributed by atoms with van der Waals surface area (Å²) >= 11 is 0. The van der Waals surface area contributed by atoms with Crippen molar-refractivity contribution >= 4 is 11.9 Å². The van der Waals surface area contributed by atoms with Gasteiger partial charge in [0.15, 0.2) is 6.10 Å². The average molecular weight is 222 g/mol. The topological polar surface area (TPSA) is 52.6 Å². The zero-order valence-electron chi connectivity index (χ0n) is 8.46. The van der Waals surface area contributed by atoms with E-state index in [1.165, 1.54) is 0 Å². The zero-order chi connectivity index (χ0) is 12.0. The van der Waals surface area contributed by atoms with E-state index < -0.39 is 30.9 Å². The third kappa shape index (κ3) is 5.09. The summed E-state index contributed by atoms with van der Waals surface area (Å²) in [4.78, 5) is 21.3. The maximum absolute atomic E-state index is 12.3. The third-order valence-electron chi connectivity index (χ3n) is 1.52. The molecule has 0 N–H and O–H groups in total. The number of hydrogen-bond acceptors (Lipinski definition) is 4. The van der Waals surface area contributed by atoms with Gasteiger partial charge in [-0.25, -0.2) is 13.6 Å². The molecular weight excluding hydrogens is 210 g/mol. The molecule has 0 saturated carbocycles. The van der Waals surface area contributed by atoms with Crippen LogP contribution in [0.2, 0.25) is 0 Å². The fraction of sp³-hybridized carbons (Fsp3) is 0.556. The van der Waals surface area contributed by atoms with Crippen molar-refractivity contribution in [2.45, 2.75) is 25.9 Å². The number of carbonyl (C=O) groups excluding carboxylic acids is 2. The summed E-state index contributed by atoms with van der Waals surface area (Å²) in [5, 5.41) is 0. The number of esters is 2. The van der Waals surface area contributed by atoms with E-state index in [0.29, 0.717) is 0 Å². The molecule has 0 aliphatic carbocycles. The van der Waals surface area contributed by atoms with Crippen molar-refractivity contribution in [1.82, 2.24) is 0 Å². The van der Waals surface area contributed by atoms with E-state index in [-0.39, 0.29) is 5.57 Å². The molecule has 0 aromatic rings. The van der Waals surface area contributed by atoms with Gasteiger partial charge in [0.25, 0.3) is 6.43 Å². The molecule has 0 heterocycles. The van der Waals surface area contributed by atoms with Crippen LogP contribution in [0.15, 0.2) is 12.2 Å². The fourth-order valence-corrected chi connectivity index (χ4v) is 0.866. The van der Waals surface area contributed by atoms with E-state index in [2.05, 4.69) is 16.1 Å². The third-order valence-corrected chi connectivity index (χ3v) is 1.52. The van der Waals surface area contributed by atoms with Crippen molar-refractivity contribution in [2.24, 2.45) is 0 Å². The van der Waals surface area contributed by atoms with Crippen LogP contribution < -0.4 is 0 Å². The minimum atomic E-state index is -2.87. The Bertz CT molecular complexity index is 263. The minimum Gasteiger partial charge on any atom is -0.466 e. The molecule has 0 aliphatic rings. The van der Waals surface area contributed by atoms with E-state index in [4.69, 9.17) is 0 Å². The Hall–Kier alpha value is -1.46. The maximum Gasteiger partial charge on any atom is 0.333 e. The van der Waals surface area contributed by atoms with Gasteiger partial charge >= 0.3 is 11.9 Å². The molecule has 0 amide bonds. The Morgan fingerprint density at radius 3 is 2.27 bits per heavy atom. The molecule has 0 aromatic heterocycles. The molecule has 15 heavy (non-hydrogen) atoms. The Morgan fingerprint density at radius 2 is 1.93 bits per heavy atom. The number of ether oxygens (including phenoxy) is 2. The second-order valence-corrected chi connectivity index (χ2v) is 2.78. The van der Waals surface area contributed by atoms with Crippen molar-refractivity contribution in [1.29, 1.82) is 0 Å². The summed E-state index contributed by atoms with van der Waals surface area (Å²) in [6.07, 6.45) is -4.96. The Labute approximate surface area is 85.9 Å². The van der Waals surface area contributed by atoms with Gasteiger partial charge in [-0.15, -0.1) is 0 Å². The lowest BCUT2D eigenvalue weighted by Gasteiger charge is -2.16. The summed E-state index contributed by atoms with van der Waals surface area (Å²) in [6, 6.07) is 0. The van der Waals surface area contributed by atoms with Gasteiger partial charge in [-0.1, -0.05) is 6.58 Å². The first-order chi connectivity index (χ1) is 6.88. The van der Waals surface area contributed by atoms with Crippen LogP contribution in [0.3, 0.4) is 0 Å². The maximum atomic E-state index is 12.3. The largest absolute Gasteiger partial charge is 0.466 e. The van der Waals surface area contributed by atoms with Crippen LogP contribution >= 0.6 is 0 Å². The number of halogens is 2. The second-order valence-electron chi connectivity index (χ2n) is 2.78. The Morgan fingerprint density at radius 1 is 1.40 bits per heavy atom. The van der Waals surface area contributed by atoms with Gasteiger partial charge < -0.3 is 9.47 Å². The highest BCUT2D eigenvalue weighted by Crippen LogP contribution is 2.15. The van der Waals surface area contributed by atoms with Crippen LogP contribution in [0, 0.1) is 0 Å². The van der Waals surface area contributed by atoms with Gasteiger partial charge in [0, 0.05) is 18.9 Å². The summed E-state index contributed by atoms with van der Waals surface area (Å²) in [6.45, 7) is 4.27. The molecule has 0 aliphatic heterocycles. The lowest BCUT2D eigenvalue weighted by atomic mass is 10.1. The van der Waals surface area contributed by atoms with Crippen LogP contribution in [0.4, 0.5) is 8.78 Å². The number of hydrogen-bond donors (Lipinski definition) is 0. The molecular formula is C9H12F2O4. The van der Waals surface area contributed by atoms with Crippen LogP contribution in [0.25, 0.3) is 0 Å². The number of alkyl halides is 2. The lowest BCUT2D eigenvalue weighted by Crippen LogP contribution is -2.26. The second kappa shape index (κ2) is 6.10. The summed E-state index contributed by atoms with van der Waals surface area (Å²) in [5.74, 6) is -1.63. The predicted octanol–water partition coefficient (Wildman–Crippen LogP) is 1.30. The van der Waals surface area contributed by atoms with Crippen molar-refractivity contribution in [3.8, 4) is 0 Å². The van der Waals surface area contributed by atoms with Gasteiger partial charge in [0.1, 0.15) is 0 Å². The normalized spacial score (nSPS) is 12.1. The molecule has 0 unspecified atom stereocenters. The van der Waals surface area contributed by atoms with Gasteiger partial charge in [-0.05, 0) is 0 Å². The molecule has 0 radical (unpaired) electrons. The fourth-order valence-electron chi connectivity index (χ4n) is 0.866. The van der Waals surface area contributed by atoms with E-state index in [1.807, 2.05) is 0 Å². The van der Waals surface area contributed by atoms with E-state index >= 15 is 0 Å². The van der Waals surface area contributed by atoms with Gasteiger partial charge in [-0.2, -0.15) is 0 Å². The molecule has 0 bridgehead atoms. The van der Waals surface area contributed by atoms with Crippen molar-refractivity contribution in [3.05, 3.63) is 12.2 Å². The molecule has 86 valence electrons. The highest BCUT2D eigenvalue weighted by Gasteiger charge is 2.26. The highest BCUT2D eigenvalue weighted by atomic mass is 19.3. The molecule has 4 nitrogen and oxygen atoms in total. The Balaban J connectivity index is 4.35. The zero-order valence-corrected chi connectivity index (χ0v) is 8.46. The summed E-state index contributed by atoms with van der Waals surface area (Å²) in [7, 11) is 1.11. The minimum absolute atomic E-state index is 0.163. The Kier molecular flexibility index (Phi) is 5.51.